The number of hydrogen-bond acceptors (Lipinski definition) is 4. The highest BCUT2D eigenvalue weighted by Gasteiger charge is 2.10. The summed E-state index contributed by atoms with van der Waals surface area (Å²) in [6.45, 7) is 4.64. The Hall–Kier alpha value is -0.970. The number of hydrogen-bond donors (Lipinski definition) is 1. The van der Waals surface area contributed by atoms with Crippen molar-refractivity contribution in [2.45, 2.75) is 6.92 Å². The molecule has 0 atom stereocenters. The fourth-order valence-electron chi connectivity index (χ4n) is 0.378. The second kappa shape index (κ2) is 4.02. The lowest BCUT2D eigenvalue weighted by Crippen LogP contribution is -2.08. The molecule has 4 nitrogen and oxygen atoms in total. The van der Waals surface area contributed by atoms with E-state index in [4.69, 9.17) is 5.11 Å². The fraction of sp³-hybridized carbons (Fsp3) is 0.333. The first-order valence-corrected chi connectivity index (χ1v) is 4.44. The Morgan fingerprint density at radius 3 is 2.64 bits per heavy atom. The molecule has 5 heteroatoms. The molecule has 0 aromatic heterocycles. The molecular weight excluding hydrogens is 168 g/mol. The van der Waals surface area contributed by atoms with E-state index in [0.29, 0.717) is 0 Å². The second-order valence-corrected chi connectivity index (χ2v) is 3.43. The van der Waals surface area contributed by atoms with Crippen molar-refractivity contribution in [3.8, 4) is 0 Å². The van der Waals surface area contributed by atoms with Crippen LogP contribution in [0.3, 0.4) is 0 Å². The van der Waals surface area contributed by atoms with Gasteiger partial charge in [-0.25, -0.2) is 0 Å². The number of aliphatic hydroxyl groups excluding tert-OH is 1. The average molecular weight is 178 g/mol. The van der Waals surface area contributed by atoms with Gasteiger partial charge in [0.15, 0.2) is 0 Å². The molecule has 0 amide bonds. The average Bonchev–Trinajstić information content (AvgIpc) is 1.81. The Morgan fingerprint density at radius 1 is 1.73 bits per heavy atom. The smallest absolute Gasteiger partial charge is 0.315 e. The van der Waals surface area contributed by atoms with Gasteiger partial charge in [-0.2, -0.15) is 8.42 Å². The van der Waals surface area contributed by atoms with E-state index in [0.717, 1.165) is 6.26 Å². The highest BCUT2D eigenvalue weighted by molar-refractivity contribution is 7.86. The predicted molar refractivity (Wildman–Crippen MR) is 41.5 cm³/mol. The first kappa shape index (κ1) is 10.0. The van der Waals surface area contributed by atoms with Crippen LogP contribution in [-0.4, -0.2) is 19.3 Å². The monoisotopic (exact) mass is 178 g/mol. The van der Waals surface area contributed by atoms with Crippen molar-refractivity contribution in [2.24, 2.45) is 0 Å². The molecule has 0 rings (SSSR count). The van der Waals surface area contributed by atoms with Crippen LogP contribution in [0.5, 0.6) is 0 Å². The van der Waals surface area contributed by atoms with Crippen LogP contribution in [0.2, 0.25) is 0 Å². The lowest BCUT2D eigenvalue weighted by Gasteiger charge is -1.99. The van der Waals surface area contributed by atoms with Crippen molar-refractivity contribution in [1.29, 1.82) is 0 Å². The van der Waals surface area contributed by atoms with E-state index in [2.05, 4.69) is 10.8 Å². The lowest BCUT2D eigenvalue weighted by molar-refractivity contribution is 0.400. The Morgan fingerprint density at radius 2 is 2.27 bits per heavy atom. The normalized spacial score (nSPS) is 11.7. The van der Waals surface area contributed by atoms with Gasteiger partial charge in [0.05, 0.1) is 0 Å². The highest BCUT2D eigenvalue weighted by atomic mass is 32.2. The SMILES string of the molecule is C=C(O)CS(=O)(=O)OC=CC. The van der Waals surface area contributed by atoms with Gasteiger partial charge in [0.25, 0.3) is 0 Å². The van der Waals surface area contributed by atoms with Crippen LogP contribution >= 0.6 is 0 Å². The zero-order chi connectivity index (χ0) is 8.91. The molecule has 0 fully saturated rings. The van der Waals surface area contributed by atoms with Gasteiger partial charge in [0, 0.05) is 0 Å². The van der Waals surface area contributed by atoms with Crippen LogP contribution in [0.4, 0.5) is 0 Å². The van der Waals surface area contributed by atoms with Crippen molar-refractivity contribution < 1.29 is 17.7 Å². The van der Waals surface area contributed by atoms with E-state index in [1.807, 2.05) is 0 Å². The number of aliphatic hydroxyl groups is 1. The van der Waals surface area contributed by atoms with Crippen molar-refractivity contribution in [3.63, 3.8) is 0 Å². The van der Waals surface area contributed by atoms with Gasteiger partial charge in [-0.15, -0.1) is 0 Å². The largest absolute Gasteiger partial charge is 0.512 e. The van der Waals surface area contributed by atoms with Crippen LogP contribution in [0.25, 0.3) is 0 Å². The third-order valence-electron chi connectivity index (χ3n) is 0.682. The summed E-state index contributed by atoms with van der Waals surface area (Å²) in [5, 5.41) is 8.51. The minimum atomic E-state index is -3.68. The van der Waals surface area contributed by atoms with Gasteiger partial charge < -0.3 is 9.29 Å². The molecule has 64 valence electrons. The standard InChI is InChI=1S/C6H10O4S/c1-3-4-10-11(8,9)5-6(2)7/h3-4,7H,2,5H2,1H3. The predicted octanol–water partition coefficient (Wildman–Crippen LogP) is 0.938. The molecule has 0 bridgehead atoms. The Bertz CT molecular complexity index is 250. The fourth-order valence-corrected chi connectivity index (χ4v) is 1.13. The zero-order valence-electron chi connectivity index (χ0n) is 6.15. The quantitative estimate of drug-likeness (QED) is 0.514. The maximum Gasteiger partial charge on any atom is 0.315 e. The topological polar surface area (TPSA) is 63.6 Å². The molecule has 0 saturated heterocycles. The summed E-state index contributed by atoms with van der Waals surface area (Å²) in [5.41, 5.74) is 0. The van der Waals surface area contributed by atoms with E-state index >= 15 is 0 Å². The third-order valence-corrected chi connectivity index (χ3v) is 1.77. The molecule has 0 heterocycles. The van der Waals surface area contributed by atoms with E-state index in [-0.39, 0.29) is 0 Å². The second-order valence-electron chi connectivity index (χ2n) is 1.83. The van der Waals surface area contributed by atoms with Crippen LogP contribution < -0.4 is 0 Å². The first-order chi connectivity index (χ1) is 4.98. The first-order valence-electron chi connectivity index (χ1n) is 2.87. The van der Waals surface area contributed by atoms with Crippen LogP contribution in [0, 0.1) is 0 Å². The van der Waals surface area contributed by atoms with Gasteiger partial charge in [-0.3, -0.25) is 0 Å². The molecule has 0 aromatic rings. The molecule has 0 aliphatic rings. The van der Waals surface area contributed by atoms with Gasteiger partial charge in [-0.1, -0.05) is 12.7 Å². The Labute approximate surface area is 65.9 Å². The molecular formula is C6H10O4S. The van der Waals surface area contributed by atoms with Gasteiger partial charge in [0.2, 0.25) is 0 Å². The van der Waals surface area contributed by atoms with Crippen LogP contribution in [-0.2, 0) is 14.3 Å². The summed E-state index contributed by atoms with van der Waals surface area (Å²) in [5.74, 6) is -1.01. The maximum absolute atomic E-state index is 10.7. The summed E-state index contributed by atoms with van der Waals surface area (Å²) in [6, 6.07) is 0. The summed E-state index contributed by atoms with van der Waals surface area (Å²) in [7, 11) is -3.68. The maximum atomic E-state index is 10.7. The van der Waals surface area contributed by atoms with Crippen LogP contribution in [0.15, 0.2) is 24.7 Å². The van der Waals surface area contributed by atoms with Crippen molar-refractivity contribution in [2.75, 3.05) is 5.75 Å². The molecule has 0 unspecified atom stereocenters. The van der Waals surface area contributed by atoms with E-state index in [9.17, 15) is 8.42 Å². The third kappa shape index (κ3) is 5.47. The van der Waals surface area contributed by atoms with Gasteiger partial charge in [0.1, 0.15) is 17.8 Å². The molecule has 11 heavy (non-hydrogen) atoms. The minimum absolute atomic E-state index is 0.436. The molecule has 0 spiro atoms. The molecule has 1 N–H and O–H groups in total. The molecule has 0 aliphatic heterocycles. The molecule has 0 radical (unpaired) electrons. The Kier molecular flexibility index (Phi) is 3.67. The number of allylic oxidation sites excluding steroid dienone is 1. The Balaban J connectivity index is 4.13. The molecule has 0 aromatic carbocycles. The van der Waals surface area contributed by atoms with Crippen molar-refractivity contribution in [1.82, 2.24) is 0 Å². The summed E-state index contributed by atoms with van der Waals surface area (Å²) in [6.07, 6.45) is 2.45. The lowest BCUT2D eigenvalue weighted by atomic mass is 10.7. The van der Waals surface area contributed by atoms with Crippen LogP contribution in [0.1, 0.15) is 6.92 Å². The van der Waals surface area contributed by atoms with E-state index < -0.39 is 21.6 Å². The summed E-state index contributed by atoms with van der Waals surface area (Å²) in [4.78, 5) is 0. The van der Waals surface area contributed by atoms with Crippen molar-refractivity contribution in [3.05, 3.63) is 24.7 Å². The van der Waals surface area contributed by atoms with Gasteiger partial charge >= 0.3 is 10.1 Å². The van der Waals surface area contributed by atoms with Gasteiger partial charge in [-0.05, 0) is 6.92 Å². The summed E-state index contributed by atoms with van der Waals surface area (Å²) < 4.78 is 25.7. The zero-order valence-corrected chi connectivity index (χ0v) is 6.97. The molecule has 0 aliphatic carbocycles. The van der Waals surface area contributed by atoms with E-state index in [1.54, 1.807) is 6.92 Å². The summed E-state index contributed by atoms with van der Waals surface area (Å²) >= 11 is 0. The van der Waals surface area contributed by atoms with E-state index in [1.165, 1.54) is 6.08 Å². The highest BCUT2D eigenvalue weighted by Crippen LogP contribution is 1.98. The van der Waals surface area contributed by atoms with Crippen molar-refractivity contribution >= 4 is 10.1 Å². The molecule has 0 saturated carbocycles. The minimum Gasteiger partial charge on any atom is -0.512 e. The number of rotatable bonds is 4.